The molecule has 216 valence electrons. The maximum absolute atomic E-state index is 13.8. The van der Waals surface area contributed by atoms with Crippen molar-refractivity contribution >= 4 is 23.8 Å². The van der Waals surface area contributed by atoms with E-state index >= 15 is 0 Å². The van der Waals surface area contributed by atoms with Crippen molar-refractivity contribution in [2.45, 2.75) is 82.6 Å². The molecule has 3 rings (SSSR count). The van der Waals surface area contributed by atoms with Crippen molar-refractivity contribution < 1.29 is 33.9 Å². The number of carbonyl (C=O) groups excluding carboxylic acids is 3. The Morgan fingerprint density at radius 2 is 1.57 bits per heavy atom. The van der Waals surface area contributed by atoms with E-state index in [1.807, 2.05) is 60.7 Å². The van der Waals surface area contributed by atoms with Crippen LogP contribution in [0.1, 0.15) is 56.6 Å². The van der Waals surface area contributed by atoms with Crippen LogP contribution in [-0.4, -0.2) is 74.3 Å². The van der Waals surface area contributed by atoms with Crippen molar-refractivity contribution in [1.82, 2.24) is 4.90 Å². The Bertz CT molecular complexity index is 1160. The summed E-state index contributed by atoms with van der Waals surface area (Å²) in [6, 6.07) is 17.0. The van der Waals surface area contributed by atoms with E-state index in [0.29, 0.717) is 32.1 Å². The van der Waals surface area contributed by atoms with Gasteiger partial charge in [0, 0.05) is 19.3 Å². The van der Waals surface area contributed by atoms with Crippen LogP contribution in [0.25, 0.3) is 0 Å². The van der Waals surface area contributed by atoms with Crippen molar-refractivity contribution in [3.8, 4) is 0 Å². The molecule has 1 saturated heterocycles. The number of nitrogens with two attached hydrogens (primary N) is 2. The minimum absolute atomic E-state index is 0.0696. The second-order valence-electron chi connectivity index (χ2n) is 10.7. The molecule has 0 spiro atoms. The number of amides is 4. The number of aliphatic hydroxyl groups is 1. The van der Waals surface area contributed by atoms with Gasteiger partial charge in [-0.3, -0.25) is 14.4 Å². The van der Waals surface area contributed by atoms with Crippen LogP contribution < -0.4 is 11.5 Å². The van der Waals surface area contributed by atoms with Crippen LogP contribution >= 0.6 is 0 Å². The number of rotatable bonds is 13. The Morgan fingerprint density at radius 1 is 1.00 bits per heavy atom. The molecule has 1 fully saturated rings. The molecule has 10 nitrogen and oxygen atoms in total. The molecule has 6 N–H and O–H groups in total. The number of nitrogens with zero attached hydrogens (tertiary/aromatic N) is 2. The molecule has 2 aromatic rings. The van der Waals surface area contributed by atoms with Crippen molar-refractivity contribution in [1.29, 1.82) is 0 Å². The molecule has 40 heavy (non-hydrogen) atoms. The number of likely N-dealkylation sites (tertiary alicyclic amines) is 1. The molecule has 1 aliphatic heterocycles. The molecule has 3 unspecified atom stereocenters. The van der Waals surface area contributed by atoms with Crippen LogP contribution in [0.5, 0.6) is 0 Å². The highest BCUT2D eigenvalue weighted by atomic mass is 16.4. The number of imide groups is 1. The zero-order chi connectivity index (χ0) is 29.3. The smallest absolute Gasteiger partial charge is 0.435 e. The number of quaternary nitrogens is 1. The Balaban J connectivity index is 2.00. The summed E-state index contributed by atoms with van der Waals surface area (Å²) in [5.74, 6) is -2.37. The minimum Gasteiger partial charge on any atom is -0.435 e. The fourth-order valence-electron chi connectivity index (χ4n) is 5.78. The molecule has 5 atom stereocenters. The fourth-order valence-corrected chi connectivity index (χ4v) is 5.78. The summed E-state index contributed by atoms with van der Waals surface area (Å²) in [7, 11) is 0. The SMILES string of the molecule is CC1CCC[N+]1(C(=O)O)C([C@H](O)CCc1ccccc1)N(C(=O)CCCc1ccccc1)C(=O)[C@@H](N)CC(N)=O. The number of aryl methyl sites for hydroxylation is 2. The number of aliphatic hydroxyl groups excluding tert-OH is 1. The Kier molecular flexibility index (Phi) is 10.9. The number of hydrogen-bond acceptors (Lipinski definition) is 6. The topological polar surface area (TPSA) is 164 Å². The van der Waals surface area contributed by atoms with Gasteiger partial charge in [0.15, 0.2) is 0 Å². The minimum atomic E-state index is -1.45. The van der Waals surface area contributed by atoms with Gasteiger partial charge < -0.3 is 21.7 Å². The normalized spacial score (nSPS) is 20.8. The van der Waals surface area contributed by atoms with Gasteiger partial charge in [0.2, 0.25) is 18.0 Å². The second kappa shape index (κ2) is 14.2. The second-order valence-corrected chi connectivity index (χ2v) is 10.7. The molecule has 4 amide bonds. The summed E-state index contributed by atoms with van der Waals surface area (Å²) in [6.07, 6.45) is -2.02. The van der Waals surface area contributed by atoms with E-state index in [9.17, 15) is 29.4 Å². The lowest BCUT2D eigenvalue weighted by atomic mass is 10.00. The summed E-state index contributed by atoms with van der Waals surface area (Å²) >= 11 is 0. The average molecular weight is 554 g/mol. The third-order valence-corrected chi connectivity index (χ3v) is 7.89. The molecule has 0 radical (unpaired) electrons. The van der Waals surface area contributed by atoms with Crippen LogP contribution in [0.4, 0.5) is 4.79 Å². The van der Waals surface area contributed by atoms with Gasteiger partial charge in [0.05, 0.1) is 25.0 Å². The molecule has 1 aliphatic rings. The van der Waals surface area contributed by atoms with Gasteiger partial charge in [-0.05, 0) is 43.7 Å². The van der Waals surface area contributed by atoms with Gasteiger partial charge >= 0.3 is 6.09 Å². The fraction of sp³-hybridized carbons (Fsp3) is 0.467. The van der Waals surface area contributed by atoms with E-state index in [0.717, 1.165) is 16.0 Å². The van der Waals surface area contributed by atoms with Gasteiger partial charge in [0.25, 0.3) is 5.91 Å². The van der Waals surface area contributed by atoms with E-state index in [2.05, 4.69) is 0 Å². The summed E-state index contributed by atoms with van der Waals surface area (Å²) < 4.78 is -0.671. The van der Waals surface area contributed by atoms with Crippen LogP contribution in [-0.2, 0) is 27.2 Å². The van der Waals surface area contributed by atoms with E-state index in [1.165, 1.54) is 0 Å². The molecule has 10 heteroatoms. The summed E-state index contributed by atoms with van der Waals surface area (Å²) in [4.78, 5) is 53.0. The summed E-state index contributed by atoms with van der Waals surface area (Å²) in [6.45, 7) is 1.89. The molecule has 2 aromatic carbocycles. The zero-order valence-electron chi connectivity index (χ0n) is 23.0. The van der Waals surface area contributed by atoms with Crippen LogP contribution in [0, 0.1) is 0 Å². The maximum Gasteiger partial charge on any atom is 0.515 e. The maximum atomic E-state index is 13.8. The molecule has 1 heterocycles. The van der Waals surface area contributed by atoms with Gasteiger partial charge in [-0.25, -0.2) is 4.90 Å². The first-order valence-electron chi connectivity index (χ1n) is 13.8. The van der Waals surface area contributed by atoms with Gasteiger partial charge in [0.1, 0.15) is 6.10 Å². The van der Waals surface area contributed by atoms with Crippen molar-refractivity contribution in [3.63, 3.8) is 0 Å². The highest BCUT2D eigenvalue weighted by Crippen LogP contribution is 2.36. The number of primary amides is 1. The highest BCUT2D eigenvalue weighted by Gasteiger charge is 2.59. The Labute approximate surface area is 235 Å². The van der Waals surface area contributed by atoms with E-state index in [1.54, 1.807) is 6.92 Å². The molecular weight excluding hydrogens is 512 g/mol. The van der Waals surface area contributed by atoms with Crippen molar-refractivity contribution in [2.75, 3.05) is 6.54 Å². The summed E-state index contributed by atoms with van der Waals surface area (Å²) in [5.41, 5.74) is 13.3. The highest BCUT2D eigenvalue weighted by molar-refractivity contribution is 5.99. The van der Waals surface area contributed by atoms with E-state index in [4.69, 9.17) is 11.5 Å². The molecular formula is C30H41N4O6+. The molecule has 0 aromatic heterocycles. The van der Waals surface area contributed by atoms with E-state index in [-0.39, 0.29) is 19.4 Å². The third kappa shape index (κ3) is 7.32. The van der Waals surface area contributed by atoms with E-state index < -0.39 is 59.1 Å². The standard InChI is InChI=1S/C30H40N4O6/c1-21-10-9-19-34(21,30(39)40)28(25(35)18-17-23-13-6-3-7-14-23)33(29(38)24(31)20-26(32)36)27(37)16-8-15-22-11-4-2-5-12-22/h2-7,11-14,21,24-25,28,35H,8-10,15-20,31H2,1H3,(H2-,32,36,39,40)/p+1/t21?,24-,25+,28?,34?/m0/s1. The quantitative estimate of drug-likeness (QED) is 0.277. The van der Waals surface area contributed by atoms with Crippen molar-refractivity contribution in [3.05, 3.63) is 71.8 Å². The van der Waals surface area contributed by atoms with Crippen LogP contribution in [0.3, 0.4) is 0 Å². The van der Waals surface area contributed by atoms with Gasteiger partial charge in [-0.15, -0.1) is 0 Å². The lowest BCUT2D eigenvalue weighted by Gasteiger charge is -2.46. The molecule has 0 aliphatic carbocycles. The summed E-state index contributed by atoms with van der Waals surface area (Å²) in [5, 5.41) is 22.2. The van der Waals surface area contributed by atoms with Gasteiger partial charge in [-0.1, -0.05) is 60.7 Å². The molecule has 0 bridgehead atoms. The van der Waals surface area contributed by atoms with Crippen molar-refractivity contribution in [2.24, 2.45) is 11.5 Å². The third-order valence-electron chi connectivity index (χ3n) is 7.89. The number of carbonyl (C=O) groups is 4. The number of carboxylic acid groups (broad SMARTS) is 1. The van der Waals surface area contributed by atoms with Crippen LogP contribution in [0.2, 0.25) is 0 Å². The first-order valence-corrected chi connectivity index (χ1v) is 13.8. The average Bonchev–Trinajstić information content (AvgIpc) is 3.32. The monoisotopic (exact) mass is 553 g/mol. The Hall–Kier alpha value is -3.60. The van der Waals surface area contributed by atoms with Gasteiger partial charge in [-0.2, -0.15) is 9.28 Å². The first-order chi connectivity index (χ1) is 19.1. The lowest BCUT2D eigenvalue weighted by molar-refractivity contribution is -0.904. The number of benzene rings is 2. The largest absolute Gasteiger partial charge is 0.515 e. The first kappa shape index (κ1) is 30.9. The number of hydrogen-bond donors (Lipinski definition) is 4. The predicted octanol–water partition coefficient (Wildman–Crippen LogP) is 2.56. The molecule has 0 saturated carbocycles. The Morgan fingerprint density at radius 3 is 2.08 bits per heavy atom. The zero-order valence-corrected chi connectivity index (χ0v) is 23.0. The van der Waals surface area contributed by atoms with Crippen LogP contribution in [0.15, 0.2) is 60.7 Å². The lowest BCUT2D eigenvalue weighted by Crippen LogP contribution is -2.72. The predicted molar refractivity (Wildman–Crippen MR) is 149 cm³/mol.